The van der Waals surface area contributed by atoms with Crippen LogP contribution in [-0.2, 0) is 22.7 Å². The Labute approximate surface area is 204 Å². The number of hydrogen-bond donors (Lipinski definition) is 2. The molecule has 3 unspecified atom stereocenters. The van der Waals surface area contributed by atoms with Gasteiger partial charge in [0.15, 0.2) is 0 Å². The number of aliphatic hydroxyl groups excluding tert-OH is 1. The van der Waals surface area contributed by atoms with Crippen LogP contribution in [0.3, 0.4) is 0 Å². The summed E-state index contributed by atoms with van der Waals surface area (Å²) in [5, 5.41) is 13.8. The Morgan fingerprint density at radius 1 is 0.886 bits per heavy atom. The van der Waals surface area contributed by atoms with Crippen molar-refractivity contribution in [2.45, 2.75) is 37.8 Å². The monoisotopic (exact) mass is 483 g/mol. The molecular formula is C28H31F2NO4. The molecule has 1 heterocycles. The highest BCUT2D eigenvalue weighted by Crippen LogP contribution is 2.30. The lowest BCUT2D eigenvalue weighted by Gasteiger charge is -2.36. The van der Waals surface area contributed by atoms with Gasteiger partial charge in [0.1, 0.15) is 17.4 Å². The molecule has 186 valence electrons. The molecule has 3 aromatic rings. The molecule has 1 aliphatic heterocycles. The van der Waals surface area contributed by atoms with E-state index >= 15 is 0 Å². The molecule has 2 N–H and O–H groups in total. The maximum atomic E-state index is 14.0. The summed E-state index contributed by atoms with van der Waals surface area (Å²) < 4.78 is 44.9. The number of rotatable bonds is 11. The second kappa shape index (κ2) is 12.7. The Morgan fingerprint density at radius 3 is 2.49 bits per heavy atom. The fraction of sp³-hybridized carbons (Fsp3) is 0.357. The van der Waals surface area contributed by atoms with Crippen molar-refractivity contribution in [3.8, 4) is 5.75 Å². The highest BCUT2D eigenvalue weighted by atomic mass is 19.1. The van der Waals surface area contributed by atoms with E-state index in [1.807, 2.05) is 54.6 Å². The van der Waals surface area contributed by atoms with Gasteiger partial charge in [-0.05, 0) is 41.5 Å². The van der Waals surface area contributed by atoms with E-state index in [1.54, 1.807) is 0 Å². The first kappa shape index (κ1) is 25.3. The topological polar surface area (TPSA) is 60.0 Å². The first-order valence-corrected chi connectivity index (χ1v) is 11.9. The highest BCUT2D eigenvalue weighted by Gasteiger charge is 2.34. The average Bonchev–Trinajstić information content (AvgIpc) is 2.88. The Hall–Kier alpha value is -2.84. The van der Waals surface area contributed by atoms with Gasteiger partial charge in [-0.15, -0.1) is 0 Å². The molecule has 1 saturated heterocycles. The summed E-state index contributed by atoms with van der Waals surface area (Å²) in [6.45, 7) is 2.59. The van der Waals surface area contributed by atoms with E-state index in [9.17, 15) is 13.9 Å². The van der Waals surface area contributed by atoms with Crippen LogP contribution >= 0.6 is 0 Å². The second-order valence-corrected chi connectivity index (χ2v) is 8.65. The number of β-amino-alcohol motifs (C(OH)–C–C–N with tert-alkyl or cyclic N) is 1. The van der Waals surface area contributed by atoms with Crippen LogP contribution in [0.25, 0.3) is 0 Å². The van der Waals surface area contributed by atoms with Crippen molar-refractivity contribution < 1.29 is 28.1 Å². The summed E-state index contributed by atoms with van der Waals surface area (Å²) >= 11 is 0. The van der Waals surface area contributed by atoms with E-state index in [4.69, 9.17) is 14.2 Å². The molecule has 0 saturated carbocycles. The molecule has 1 aliphatic rings. The fourth-order valence-electron chi connectivity index (χ4n) is 4.23. The third kappa shape index (κ3) is 7.32. The summed E-state index contributed by atoms with van der Waals surface area (Å²) in [7, 11) is 0. The summed E-state index contributed by atoms with van der Waals surface area (Å²) in [6.07, 6.45) is -0.289. The third-order valence-corrected chi connectivity index (χ3v) is 6.05. The smallest absolute Gasteiger partial charge is 0.128 e. The van der Waals surface area contributed by atoms with Crippen LogP contribution in [0.15, 0.2) is 72.8 Å². The third-order valence-electron chi connectivity index (χ3n) is 6.05. The first-order chi connectivity index (χ1) is 17.1. The molecule has 0 aromatic heterocycles. The van der Waals surface area contributed by atoms with Crippen molar-refractivity contribution in [3.05, 3.63) is 101 Å². The van der Waals surface area contributed by atoms with Crippen LogP contribution < -0.4 is 10.1 Å². The molecule has 5 nitrogen and oxygen atoms in total. The number of piperidine rings is 1. The van der Waals surface area contributed by atoms with Gasteiger partial charge in [-0.25, -0.2) is 8.78 Å². The lowest BCUT2D eigenvalue weighted by Crippen LogP contribution is -2.49. The van der Waals surface area contributed by atoms with Gasteiger partial charge in [0.05, 0.1) is 38.6 Å². The van der Waals surface area contributed by atoms with E-state index in [2.05, 4.69) is 5.32 Å². The number of halogens is 2. The minimum absolute atomic E-state index is 0.0767. The zero-order valence-electron chi connectivity index (χ0n) is 19.5. The molecular weight excluding hydrogens is 452 g/mol. The van der Waals surface area contributed by atoms with Crippen LogP contribution in [0.4, 0.5) is 8.78 Å². The minimum atomic E-state index is -0.667. The van der Waals surface area contributed by atoms with Crippen LogP contribution in [0.2, 0.25) is 0 Å². The van der Waals surface area contributed by atoms with Crippen LogP contribution in [-0.4, -0.2) is 43.6 Å². The molecule has 0 radical (unpaired) electrons. The summed E-state index contributed by atoms with van der Waals surface area (Å²) in [6, 6.07) is 20.9. The van der Waals surface area contributed by atoms with E-state index in [0.29, 0.717) is 32.9 Å². The average molecular weight is 484 g/mol. The summed E-state index contributed by atoms with van der Waals surface area (Å²) in [4.78, 5) is 0. The Balaban J connectivity index is 1.26. The van der Waals surface area contributed by atoms with E-state index in [1.165, 1.54) is 0 Å². The second-order valence-electron chi connectivity index (χ2n) is 8.65. The summed E-state index contributed by atoms with van der Waals surface area (Å²) in [5.74, 6) is -0.589. The Kier molecular flexibility index (Phi) is 9.20. The molecule has 1 fully saturated rings. The Morgan fingerprint density at radius 2 is 1.69 bits per heavy atom. The quantitative estimate of drug-likeness (QED) is 0.391. The largest absolute Gasteiger partial charge is 0.494 e. The number of hydrogen-bond acceptors (Lipinski definition) is 5. The molecule has 0 spiro atoms. The molecule has 4 rings (SSSR count). The predicted molar refractivity (Wildman–Crippen MR) is 129 cm³/mol. The van der Waals surface area contributed by atoms with Gasteiger partial charge in [0, 0.05) is 31.0 Å². The molecule has 35 heavy (non-hydrogen) atoms. The molecule has 3 aromatic carbocycles. The zero-order valence-corrected chi connectivity index (χ0v) is 19.5. The van der Waals surface area contributed by atoms with Gasteiger partial charge in [-0.3, -0.25) is 0 Å². The number of ether oxygens (including phenoxy) is 3. The summed E-state index contributed by atoms with van der Waals surface area (Å²) in [5.41, 5.74) is 2.20. The first-order valence-electron chi connectivity index (χ1n) is 11.9. The van der Waals surface area contributed by atoms with Crippen molar-refractivity contribution >= 4 is 0 Å². The number of nitrogens with one attached hydrogen (secondary N) is 1. The lowest BCUT2D eigenvalue weighted by atomic mass is 9.85. The molecule has 0 bridgehead atoms. The van der Waals surface area contributed by atoms with Gasteiger partial charge in [-0.2, -0.15) is 0 Å². The maximum absolute atomic E-state index is 14.0. The van der Waals surface area contributed by atoms with Crippen molar-refractivity contribution in [3.63, 3.8) is 0 Å². The van der Waals surface area contributed by atoms with Crippen molar-refractivity contribution in [2.75, 3.05) is 26.3 Å². The zero-order chi connectivity index (χ0) is 24.5. The standard InChI is InChI=1S/C28H31F2NO4/c29-23-9-12-25(30)22(15-23)19-35-27-17-31-16-26(32)28(27)21-7-10-24(11-8-21)34-14-4-13-33-18-20-5-2-1-3-6-20/h1-3,5-12,15,26-28,31-32H,4,13-14,16-19H2. The Bertz CT molecular complexity index is 1050. The van der Waals surface area contributed by atoms with Crippen molar-refractivity contribution in [1.29, 1.82) is 0 Å². The maximum Gasteiger partial charge on any atom is 0.128 e. The van der Waals surface area contributed by atoms with Crippen LogP contribution in [0.1, 0.15) is 29.0 Å². The van der Waals surface area contributed by atoms with E-state index in [0.717, 1.165) is 41.5 Å². The van der Waals surface area contributed by atoms with Gasteiger partial charge in [-0.1, -0.05) is 42.5 Å². The van der Waals surface area contributed by atoms with Gasteiger partial charge >= 0.3 is 0 Å². The predicted octanol–water partition coefficient (Wildman–Crippen LogP) is 4.58. The van der Waals surface area contributed by atoms with Gasteiger partial charge in [0.2, 0.25) is 0 Å². The fourth-order valence-corrected chi connectivity index (χ4v) is 4.23. The molecule has 3 atom stereocenters. The lowest BCUT2D eigenvalue weighted by molar-refractivity contribution is -0.0336. The SMILES string of the molecule is OC1CNCC(OCc2cc(F)ccc2F)C1c1ccc(OCCCOCc2ccccc2)cc1. The highest BCUT2D eigenvalue weighted by molar-refractivity contribution is 5.31. The van der Waals surface area contributed by atoms with Crippen LogP contribution in [0, 0.1) is 11.6 Å². The number of benzene rings is 3. The van der Waals surface area contributed by atoms with Gasteiger partial charge < -0.3 is 24.6 Å². The van der Waals surface area contributed by atoms with Crippen molar-refractivity contribution in [1.82, 2.24) is 5.32 Å². The van der Waals surface area contributed by atoms with Crippen LogP contribution in [0.5, 0.6) is 5.75 Å². The molecule has 0 aliphatic carbocycles. The molecule has 7 heteroatoms. The minimum Gasteiger partial charge on any atom is -0.494 e. The molecule has 0 amide bonds. The van der Waals surface area contributed by atoms with E-state index in [-0.39, 0.29) is 18.1 Å². The van der Waals surface area contributed by atoms with E-state index < -0.39 is 23.8 Å². The normalized spacial score (nSPS) is 20.0. The van der Waals surface area contributed by atoms with Crippen molar-refractivity contribution in [2.24, 2.45) is 0 Å². The number of aliphatic hydroxyl groups is 1. The van der Waals surface area contributed by atoms with Gasteiger partial charge in [0.25, 0.3) is 0 Å².